The van der Waals surface area contributed by atoms with Crippen LogP contribution in [0.15, 0.2) is 30.3 Å². The van der Waals surface area contributed by atoms with Crippen LogP contribution in [0.25, 0.3) is 0 Å². The van der Waals surface area contributed by atoms with E-state index in [-0.39, 0.29) is 13.0 Å². The highest BCUT2D eigenvalue weighted by atomic mass is 19.2. The molecule has 0 N–H and O–H groups in total. The summed E-state index contributed by atoms with van der Waals surface area (Å²) in [5, 5.41) is 0. The Morgan fingerprint density at radius 3 is 2.64 bits per heavy atom. The highest BCUT2D eigenvalue weighted by Gasteiger charge is 2.43. The zero-order chi connectivity index (χ0) is 16.1. The summed E-state index contributed by atoms with van der Waals surface area (Å²) >= 11 is 0. The maximum atomic E-state index is 13.8. The predicted molar refractivity (Wildman–Crippen MR) is 72.5 cm³/mol. The number of ether oxygens (including phenoxy) is 1. The number of alkyl halides is 3. The Morgan fingerprint density at radius 2 is 2.00 bits per heavy atom. The number of cyclic esters (lactones) is 1. The van der Waals surface area contributed by atoms with E-state index in [9.17, 15) is 22.8 Å². The van der Waals surface area contributed by atoms with E-state index >= 15 is 0 Å². The van der Waals surface area contributed by atoms with E-state index in [4.69, 9.17) is 4.74 Å². The lowest BCUT2D eigenvalue weighted by molar-refractivity contribution is -0.137. The Labute approximate surface area is 125 Å². The number of benzene rings is 1. The van der Waals surface area contributed by atoms with Crippen LogP contribution in [-0.2, 0) is 16.0 Å². The molecule has 3 unspecified atom stereocenters. The van der Waals surface area contributed by atoms with Gasteiger partial charge >= 0.3 is 6.09 Å². The van der Waals surface area contributed by atoms with Crippen molar-refractivity contribution in [2.75, 3.05) is 13.3 Å². The largest absolute Gasteiger partial charge is 0.447 e. The maximum Gasteiger partial charge on any atom is 0.417 e. The molecule has 0 radical (unpaired) electrons. The van der Waals surface area contributed by atoms with Gasteiger partial charge in [0.1, 0.15) is 12.8 Å². The monoisotopic (exact) mass is 315 g/mol. The third-order valence-corrected chi connectivity index (χ3v) is 3.45. The van der Waals surface area contributed by atoms with Crippen molar-refractivity contribution in [2.45, 2.75) is 31.2 Å². The van der Waals surface area contributed by atoms with Crippen molar-refractivity contribution in [1.82, 2.24) is 4.90 Å². The highest BCUT2D eigenvalue weighted by Crippen LogP contribution is 2.21. The van der Waals surface area contributed by atoms with Crippen LogP contribution in [0.5, 0.6) is 0 Å². The summed E-state index contributed by atoms with van der Waals surface area (Å²) in [5.74, 6) is -1.32. The summed E-state index contributed by atoms with van der Waals surface area (Å²) in [6, 6.07) is 8.27. The number of carbonyl (C=O) groups excluding carboxylic acids is 2. The lowest BCUT2D eigenvalue weighted by Gasteiger charge is -2.22. The Bertz CT molecular complexity index is 526. The number of halogens is 3. The second-order valence-electron chi connectivity index (χ2n) is 5.02. The summed E-state index contributed by atoms with van der Waals surface area (Å²) in [6.07, 6.45) is -6.28. The van der Waals surface area contributed by atoms with Crippen LogP contribution in [0.2, 0.25) is 0 Å². The van der Waals surface area contributed by atoms with Crippen molar-refractivity contribution >= 4 is 12.0 Å². The SMILES string of the molecule is O=C1OCC(Cc2ccccc2)N1C(=O)C(F)C(F)CCF. The van der Waals surface area contributed by atoms with E-state index in [1.807, 2.05) is 6.07 Å². The first-order chi connectivity index (χ1) is 10.5. The van der Waals surface area contributed by atoms with E-state index < -0.39 is 43.5 Å². The number of amides is 2. The number of hydrogen-bond donors (Lipinski definition) is 0. The van der Waals surface area contributed by atoms with Gasteiger partial charge in [-0.25, -0.2) is 18.5 Å². The molecule has 0 aliphatic carbocycles. The van der Waals surface area contributed by atoms with Crippen molar-refractivity contribution in [3.05, 3.63) is 35.9 Å². The van der Waals surface area contributed by atoms with Crippen LogP contribution in [0.3, 0.4) is 0 Å². The summed E-state index contributed by atoms with van der Waals surface area (Å²) < 4.78 is 44.0. The third-order valence-electron chi connectivity index (χ3n) is 3.45. The average Bonchev–Trinajstić information content (AvgIpc) is 2.87. The van der Waals surface area contributed by atoms with Gasteiger partial charge in [0.15, 0.2) is 0 Å². The predicted octanol–water partition coefficient (Wildman–Crippen LogP) is 2.61. The van der Waals surface area contributed by atoms with Gasteiger partial charge in [-0.3, -0.25) is 9.18 Å². The molecule has 1 fully saturated rings. The molecule has 1 heterocycles. The van der Waals surface area contributed by atoms with Gasteiger partial charge in [0, 0.05) is 6.42 Å². The van der Waals surface area contributed by atoms with Crippen LogP contribution in [0.4, 0.5) is 18.0 Å². The highest BCUT2D eigenvalue weighted by molar-refractivity contribution is 5.96. The number of rotatable bonds is 6. The van der Waals surface area contributed by atoms with Gasteiger partial charge < -0.3 is 4.74 Å². The van der Waals surface area contributed by atoms with Crippen molar-refractivity contribution in [1.29, 1.82) is 0 Å². The molecular formula is C15H16F3NO3. The molecule has 4 nitrogen and oxygen atoms in total. The fraction of sp³-hybridized carbons (Fsp3) is 0.467. The Hall–Kier alpha value is -2.05. The van der Waals surface area contributed by atoms with Gasteiger partial charge in [-0.15, -0.1) is 0 Å². The second kappa shape index (κ2) is 7.29. The number of hydrogen-bond acceptors (Lipinski definition) is 3. The van der Waals surface area contributed by atoms with Crippen molar-refractivity contribution in [3.63, 3.8) is 0 Å². The topological polar surface area (TPSA) is 46.6 Å². The first-order valence-corrected chi connectivity index (χ1v) is 6.92. The zero-order valence-electron chi connectivity index (χ0n) is 11.8. The lowest BCUT2D eigenvalue weighted by atomic mass is 10.0. The molecule has 22 heavy (non-hydrogen) atoms. The van der Waals surface area contributed by atoms with Gasteiger partial charge in [0.25, 0.3) is 5.91 Å². The molecule has 3 atom stereocenters. The molecule has 0 bridgehead atoms. The summed E-state index contributed by atoms with van der Waals surface area (Å²) in [5.41, 5.74) is 0.833. The smallest absolute Gasteiger partial charge is 0.417 e. The summed E-state index contributed by atoms with van der Waals surface area (Å²) in [6.45, 7) is -1.15. The van der Waals surface area contributed by atoms with E-state index in [1.165, 1.54) is 0 Å². The van der Waals surface area contributed by atoms with Crippen molar-refractivity contribution in [3.8, 4) is 0 Å². The molecular weight excluding hydrogens is 299 g/mol. The Morgan fingerprint density at radius 1 is 1.32 bits per heavy atom. The second-order valence-corrected chi connectivity index (χ2v) is 5.02. The van der Waals surface area contributed by atoms with Crippen LogP contribution in [0, 0.1) is 0 Å². The van der Waals surface area contributed by atoms with Crippen LogP contribution in [0.1, 0.15) is 12.0 Å². The van der Waals surface area contributed by atoms with E-state index in [0.29, 0.717) is 4.90 Å². The van der Waals surface area contributed by atoms with Crippen molar-refractivity contribution in [2.24, 2.45) is 0 Å². The molecule has 0 aromatic heterocycles. The normalized spacial score (nSPS) is 20.6. The fourth-order valence-corrected chi connectivity index (χ4v) is 2.31. The minimum atomic E-state index is -2.57. The summed E-state index contributed by atoms with van der Waals surface area (Å²) in [7, 11) is 0. The molecule has 1 aromatic rings. The van der Waals surface area contributed by atoms with Crippen molar-refractivity contribution < 1.29 is 27.5 Å². The molecule has 1 aliphatic rings. The molecule has 1 saturated heterocycles. The van der Waals surface area contributed by atoms with Crippen LogP contribution < -0.4 is 0 Å². The minimum Gasteiger partial charge on any atom is -0.447 e. The van der Waals surface area contributed by atoms with E-state index in [2.05, 4.69) is 0 Å². The Balaban J connectivity index is 2.09. The van der Waals surface area contributed by atoms with Gasteiger partial charge in [0.05, 0.1) is 12.7 Å². The first-order valence-electron chi connectivity index (χ1n) is 6.92. The minimum absolute atomic E-state index is 0.0771. The molecule has 2 rings (SSSR count). The van der Waals surface area contributed by atoms with Gasteiger partial charge in [-0.2, -0.15) is 0 Å². The molecule has 0 spiro atoms. The number of imide groups is 1. The quantitative estimate of drug-likeness (QED) is 0.811. The Kier molecular flexibility index (Phi) is 5.41. The number of carbonyl (C=O) groups is 2. The molecule has 120 valence electrons. The average molecular weight is 315 g/mol. The molecule has 2 amide bonds. The van der Waals surface area contributed by atoms with Crippen LogP contribution >= 0.6 is 0 Å². The number of nitrogens with zero attached hydrogens (tertiary/aromatic N) is 1. The van der Waals surface area contributed by atoms with Crippen LogP contribution in [-0.4, -0.2) is 48.6 Å². The molecule has 1 aliphatic heterocycles. The standard InChI is InChI=1S/C15H16F3NO3/c16-7-6-12(17)13(18)14(20)19-11(9-22-15(19)21)8-10-4-2-1-3-5-10/h1-5,11-13H,6-9H2. The van der Waals surface area contributed by atoms with Gasteiger partial charge in [-0.05, 0) is 12.0 Å². The first kappa shape index (κ1) is 16.3. The van der Waals surface area contributed by atoms with E-state index in [1.54, 1.807) is 24.3 Å². The lowest BCUT2D eigenvalue weighted by Crippen LogP contribution is -2.47. The molecule has 1 aromatic carbocycles. The zero-order valence-corrected chi connectivity index (χ0v) is 11.8. The third kappa shape index (κ3) is 3.58. The van der Waals surface area contributed by atoms with Gasteiger partial charge in [0.2, 0.25) is 6.17 Å². The fourth-order valence-electron chi connectivity index (χ4n) is 2.31. The summed E-state index contributed by atoms with van der Waals surface area (Å²) in [4.78, 5) is 24.2. The van der Waals surface area contributed by atoms with Gasteiger partial charge in [-0.1, -0.05) is 30.3 Å². The maximum absolute atomic E-state index is 13.8. The molecule has 7 heteroatoms. The van der Waals surface area contributed by atoms with E-state index in [0.717, 1.165) is 5.56 Å². The molecule has 0 saturated carbocycles.